The van der Waals surface area contributed by atoms with E-state index in [1.807, 2.05) is 24.3 Å². The van der Waals surface area contributed by atoms with Crippen molar-refractivity contribution in [3.63, 3.8) is 0 Å². The Morgan fingerprint density at radius 3 is 3.00 bits per heavy atom. The molecule has 0 radical (unpaired) electrons. The molecule has 56 valence electrons. The summed E-state index contributed by atoms with van der Waals surface area (Å²) in [4.78, 5) is 0. The first-order valence-corrected chi connectivity index (χ1v) is 3.84. The van der Waals surface area contributed by atoms with Gasteiger partial charge in [0.15, 0.2) is 5.58 Å². The lowest BCUT2D eigenvalue weighted by Crippen LogP contribution is -1.74. The summed E-state index contributed by atoms with van der Waals surface area (Å²) < 4.78 is 5.01. The average molecular weight is 168 g/mol. The van der Waals surface area contributed by atoms with Gasteiger partial charge >= 0.3 is 0 Å². The van der Waals surface area contributed by atoms with Crippen molar-refractivity contribution in [3.8, 4) is 0 Å². The van der Waals surface area contributed by atoms with Crippen LogP contribution in [0.1, 0.15) is 5.69 Å². The number of aromatic nitrogens is 1. The van der Waals surface area contributed by atoms with Crippen molar-refractivity contribution < 1.29 is 4.52 Å². The van der Waals surface area contributed by atoms with Crippen molar-refractivity contribution in [2.45, 2.75) is 5.88 Å². The summed E-state index contributed by atoms with van der Waals surface area (Å²) in [6.07, 6.45) is 0. The van der Waals surface area contributed by atoms with Gasteiger partial charge in [-0.2, -0.15) is 0 Å². The SMILES string of the molecule is ClCc1noc2ccccc12. The van der Waals surface area contributed by atoms with Gasteiger partial charge in [0.05, 0.1) is 5.88 Å². The number of halogens is 1. The Labute approximate surface area is 68.7 Å². The standard InChI is InChI=1S/C8H6ClNO/c9-5-7-6-3-1-2-4-8(6)11-10-7/h1-4H,5H2. The van der Waals surface area contributed by atoms with Crippen molar-refractivity contribution in [3.05, 3.63) is 30.0 Å². The molecule has 0 aliphatic rings. The molecule has 11 heavy (non-hydrogen) atoms. The van der Waals surface area contributed by atoms with Crippen LogP contribution < -0.4 is 0 Å². The van der Waals surface area contributed by atoms with Crippen molar-refractivity contribution in [1.82, 2.24) is 5.16 Å². The Balaban J connectivity index is 2.76. The highest BCUT2D eigenvalue weighted by atomic mass is 35.5. The molecule has 0 saturated heterocycles. The molecule has 0 aliphatic heterocycles. The number of nitrogens with zero attached hydrogens (tertiary/aromatic N) is 1. The summed E-state index contributed by atoms with van der Waals surface area (Å²) in [5.74, 6) is 0.400. The van der Waals surface area contributed by atoms with Gasteiger partial charge in [0.1, 0.15) is 5.69 Å². The third-order valence-electron chi connectivity index (χ3n) is 1.58. The first-order chi connectivity index (χ1) is 5.42. The highest BCUT2D eigenvalue weighted by molar-refractivity contribution is 6.17. The average Bonchev–Trinajstić information content (AvgIpc) is 2.47. The van der Waals surface area contributed by atoms with E-state index < -0.39 is 0 Å². The molecular weight excluding hydrogens is 162 g/mol. The Hall–Kier alpha value is -1.02. The minimum absolute atomic E-state index is 0.400. The van der Waals surface area contributed by atoms with Crippen LogP contribution in [0.15, 0.2) is 28.8 Å². The number of fused-ring (bicyclic) bond motifs is 1. The molecule has 0 unspecified atom stereocenters. The number of para-hydroxylation sites is 1. The molecular formula is C8H6ClNO. The van der Waals surface area contributed by atoms with Crippen LogP contribution in [0.25, 0.3) is 11.0 Å². The van der Waals surface area contributed by atoms with Crippen LogP contribution in [0.2, 0.25) is 0 Å². The van der Waals surface area contributed by atoms with Gasteiger partial charge in [0.25, 0.3) is 0 Å². The molecule has 0 N–H and O–H groups in total. The highest BCUT2D eigenvalue weighted by Crippen LogP contribution is 2.18. The Morgan fingerprint density at radius 2 is 2.18 bits per heavy atom. The molecule has 2 rings (SSSR count). The van der Waals surface area contributed by atoms with E-state index in [0.29, 0.717) is 5.88 Å². The lowest BCUT2D eigenvalue weighted by molar-refractivity contribution is 0.449. The second-order valence-electron chi connectivity index (χ2n) is 2.26. The van der Waals surface area contributed by atoms with E-state index in [-0.39, 0.29) is 0 Å². The van der Waals surface area contributed by atoms with Crippen LogP contribution in [-0.2, 0) is 5.88 Å². The minimum Gasteiger partial charge on any atom is -0.356 e. The summed E-state index contributed by atoms with van der Waals surface area (Å²) in [5.41, 5.74) is 1.60. The van der Waals surface area contributed by atoms with Gasteiger partial charge in [-0.1, -0.05) is 17.3 Å². The van der Waals surface area contributed by atoms with Gasteiger partial charge in [-0.15, -0.1) is 11.6 Å². The van der Waals surface area contributed by atoms with Gasteiger partial charge in [0, 0.05) is 5.39 Å². The molecule has 1 aromatic heterocycles. The van der Waals surface area contributed by atoms with Crippen molar-refractivity contribution in [1.29, 1.82) is 0 Å². The minimum atomic E-state index is 0.400. The highest BCUT2D eigenvalue weighted by Gasteiger charge is 2.03. The second kappa shape index (κ2) is 2.55. The number of alkyl halides is 1. The Bertz CT molecular complexity index is 369. The third-order valence-corrected chi connectivity index (χ3v) is 1.83. The molecule has 0 atom stereocenters. The molecule has 0 amide bonds. The largest absolute Gasteiger partial charge is 0.356 e. The zero-order valence-corrected chi connectivity index (χ0v) is 6.51. The molecule has 0 aliphatic carbocycles. The molecule has 3 heteroatoms. The molecule has 0 bridgehead atoms. The fraction of sp³-hybridized carbons (Fsp3) is 0.125. The predicted molar refractivity (Wildman–Crippen MR) is 43.6 cm³/mol. The zero-order chi connectivity index (χ0) is 7.68. The van der Waals surface area contributed by atoms with E-state index in [1.54, 1.807) is 0 Å². The summed E-state index contributed by atoms with van der Waals surface area (Å²) in [5, 5.41) is 4.81. The van der Waals surface area contributed by atoms with Gasteiger partial charge in [-0.05, 0) is 12.1 Å². The van der Waals surface area contributed by atoms with E-state index in [9.17, 15) is 0 Å². The van der Waals surface area contributed by atoms with Crippen LogP contribution in [0, 0.1) is 0 Å². The Morgan fingerprint density at radius 1 is 1.36 bits per heavy atom. The number of benzene rings is 1. The third kappa shape index (κ3) is 0.994. The summed E-state index contributed by atoms with van der Waals surface area (Å²) >= 11 is 5.62. The Kier molecular flexibility index (Phi) is 1.55. The molecule has 1 aromatic carbocycles. The number of rotatable bonds is 1. The van der Waals surface area contributed by atoms with Crippen LogP contribution >= 0.6 is 11.6 Å². The van der Waals surface area contributed by atoms with Crippen molar-refractivity contribution in [2.24, 2.45) is 0 Å². The zero-order valence-electron chi connectivity index (χ0n) is 5.75. The molecule has 2 nitrogen and oxygen atoms in total. The van der Waals surface area contributed by atoms with Gasteiger partial charge < -0.3 is 4.52 Å². The van der Waals surface area contributed by atoms with E-state index >= 15 is 0 Å². The summed E-state index contributed by atoms with van der Waals surface area (Å²) in [7, 11) is 0. The summed E-state index contributed by atoms with van der Waals surface area (Å²) in [6, 6.07) is 7.67. The van der Waals surface area contributed by atoms with E-state index in [1.165, 1.54) is 0 Å². The van der Waals surface area contributed by atoms with Crippen molar-refractivity contribution in [2.75, 3.05) is 0 Å². The van der Waals surface area contributed by atoms with E-state index in [2.05, 4.69) is 5.16 Å². The quantitative estimate of drug-likeness (QED) is 0.611. The molecule has 0 saturated carbocycles. The normalized spacial score (nSPS) is 10.6. The van der Waals surface area contributed by atoms with Crippen molar-refractivity contribution >= 4 is 22.6 Å². The topological polar surface area (TPSA) is 26.0 Å². The fourth-order valence-corrected chi connectivity index (χ4v) is 1.23. The maximum Gasteiger partial charge on any atom is 0.167 e. The fourth-order valence-electron chi connectivity index (χ4n) is 1.03. The smallest absolute Gasteiger partial charge is 0.167 e. The predicted octanol–water partition coefficient (Wildman–Crippen LogP) is 2.57. The van der Waals surface area contributed by atoms with Crippen LogP contribution in [0.5, 0.6) is 0 Å². The first-order valence-electron chi connectivity index (χ1n) is 3.31. The second-order valence-corrected chi connectivity index (χ2v) is 2.53. The summed E-state index contributed by atoms with van der Waals surface area (Å²) in [6.45, 7) is 0. The lowest BCUT2D eigenvalue weighted by Gasteiger charge is -1.84. The first kappa shape index (κ1) is 6.68. The van der Waals surface area contributed by atoms with E-state index in [4.69, 9.17) is 16.1 Å². The van der Waals surface area contributed by atoms with Gasteiger partial charge in [-0.3, -0.25) is 0 Å². The molecule has 0 fully saturated rings. The monoisotopic (exact) mass is 167 g/mol. The molecule has 2 aromatic rings. The molecule has 1 heterocycles. The van der Waals surface area contributed by atoms with Gasteiger partial charge in [0.2, 0.25) is 0 Å². The van der Waals surface area contributed by atoms with Crippen LogP contribution in [-0.4, -0.2) is 5.16 Å². The number of hydrogen-bond acceptors (Lipinski definition) is 2. The van der Waals surface area contributed by atoms with Gasteiger partial charge in [-0.25, -0.2) is 0 Å². The number of hydrogen-bond donors (Lipinski definition) is 0. The van der Waals surface area contributed by atoms with Crippen LogP contribution in [0.4, 0.5) is 0 Å². The molecule has 0 spiro atoms. The van der Waals surface area contributed by atoms with E-state index in [0.717, 1.165) is 16.7 Å². The maximum atomic E-state index is 5.62. The lowest BCUT2D eigenvalue weighted by atomic mass is 10.2. The van der Waals surface area contributed by atoms with Crippen LogP contribution in [0.3, 0.4) is 0 Å². The maximum absolute atomic E-state index is 5.62.